The second-order valence-electron chi connectivity index (χ2n) is 4.85. The van der Waals surface area contributed by atoms with Crippen LogP contribution in [-0.4, -0.2) is 43.1 Å². The molecule has 6 nitrogen and oxygen atoms in total. The normalized spacial score (nSPS) is 14.0. The fourth-order valence-electron chi connectivity index (χ4n) is 2.22. The Balaban J connectivity index is 1.94. The molecule has 0 bridgehead atoms. The number of anilines is 1. The van der Waals surface area contributed by atoms with Crippen LogP contribution in [0.3, 0.4) is 0 Å². The average molecular weight is 292 g/mol. The van der Waals surface area contributed by atoms with Gasteiger partial charge in [-0.2, -0.15) is 0 Å². The number of nitrogens with zero attached hydrogens (tertiary/aromatic N) is 1. The van der Waals surface area contributed by atoms with E-state index in [1.807, 2.05) is 0 Å². The maximum absolute atomic E-state index is 11.9. The quantitative estimate of drug-likeness (QED) is 0.656. The third kappa shape index (κ3) is 3.87. The highest BCUT2D eigenvalue weighted by Gasteiger charge is 2.18. The summed E-state index contributed by atoms with van der Waals surface area (Å²) in [6.07, 6.45) is 2.09. The molecule has 1 aromatic rings. The number of likely N-dealkylation sites (tertiary alicyclic amines) is 1. The lowest BCUT2D eigenvalue weighted by Crippen LogP contribution is -2.32. The highest BCUT2D eigenvalue weighted by molar-refractivity contribution is 5.91. The van der Waals surface area contributed by atoms with Crippen molar-refractivity contribution in [1.29, 1.82) is 0 Å². The molecule has 0 saturated carbocycles. The van der Waals surface area contributed by atoms with Crippen molar-refractivity contribution in [2.24, 2.45) is 0 Å². The van der Waals surface area contributed by atoms with Gasteiger partial charge in [0.05, 0.1) is 17.9 Å². The SMILES string of the molecule is CCOC(=O)c1ccc(OCC(=O)N2CCCC2)c(N)c1. The summed E-state index contributed by atoms with van der Waals surface area (Å²) >= 11 is 0. The van der Waals surface area contributed by atoms with Gasteiger partial charge in [0.15, 0.2) is 6.61 Å². The lowest BCUT2D eigenvalue weighted by Gasteiger charge is -2.16. The topological polar surface area (TPSA) is 81.9 Å². The Morgan fingerprint density at radius 2 is 2.00 bits per heavy atom. The van der Waals surface area contributed by atoms with Gasteiger partial charge in [-0.05, 0) is 38.0 Å². The first-order valence-corrected chi connectivity index (χ1v) is 7.09. The number of rotatable bonds is 5. The van der Waals surface area contributed by atoms with Crippen LogP contribution in [0.1, 0.15) is 30.1 Å². The minimum atomic E-state index is -0.427. The van der Waals surface area contributed by atoms with E-state index in [9.17, 15) is 9.59 Å². The van der Waals surface area contributed by atoms with Crippen LogP contribution in [0.5, 0.6) is 5.75 Å². The number of amides is 1. The molecule has 1 fully saturated rings. The second kappa shape index (κ2) is 6.97. The summed E-state index contributed by atoms with van der Waals surface area (Å²) in [6.45, 7) is 3.59. The molecular weight excluding hydrogens is 272 g/mol. The van der Waals surface area contributed by atoms with Crippen molar-refractivity contribution in [3.8, 4) is 5.75 Å². The first-order chi connectivity index (χ1) is 10.1. The minimum absolute atomic E-state index is 0.0387. The van der Waals surface area contributed by atoms with E-state index in [4.69, 9.17) is 15.2 Å². The molecule has 0 atom stereocenters. The Bertz CT molecular complexity index is 524. The molecule has 0 unspecified atom stereocenters. The van der Waals surface area contributed by atoms with Gasteiger partial charge >= 0.3 is 5.97 Å². The number of hydrogen-bond acceptors (Lipinski definition) is 5. The summed E-state index contributed by atoms with van der Waals surface area (Å²) in [6, 6.07) is 4.65. The molecule has 0 aromatic heterocycles. The smallest absolute Gasteiger partial charge is 0.338 e. The highest BCUT2D eigenvalue weighted by Crippen LogP contribution is 2.23. The third-order valence-corrected chi connectivity index (χ3v) is 3.33. The van der Waals surface area contributed by atoms with Crippen LogP contribution >= 0.6 is 0 Å². The van der Waals surface area contributed by atoms with E-state index < -0.39 is 5.97 Å². The number of benzene rings is 1. The number of nitrogen functional groups attached to an aromatic ring is 1. The van der Waals surface area contributed by atoms with Crippen molar-refractivity contribution in [2.75, 3.05) is 32.0 Å². The Hall–Kier alpha value is -2.24. The molecule has 0 spiro atoms. The predicted octanol–water partition coefficient (Wildman–Crippen LogP) is 1.45. The number of hydrogen-bond donors (Lipinski definition) is 1. The molecule has 1 aliphatic heterocycles. The molecule has 6 heteroatoms. The zero-order chi connectivity index (χ0) is 15.2. The molecule has 0 radical (unpaired) electrons. The Morgan fingerprint density at radius 1 is 1.29 bits per heavy atom. The molecule has 1 aromatic carbocycles. The molecule has 1 saturated heterocycles. The van der Waals surface area contributed by atoms with E-state index in [2.05, 4.69) is 0 Å². The van der Waals surface area contributed by atoms with Gasteiger partial charge in [-0.1, -0.05) is 0 Å². The van der Waals surface area contributed by atoms with Crippen LogP contribution in [0.25, 0.3) is 0 Å². The van der Waals surface area contributed by atoms with E-state index in [1.54, 1.807) is 24.0 Å². The second-order valence-corrected chi connectivity index (χ2v) is 4.85. The Kier molecular flexibility index (Phi) is 5.03. The zero-order valence-corrected chi connectivity index (χ0v) is 12.1. The molecule has 1 aliphatic rings. The van der Waals surface area contributed by atoms with Gasteiger partial charge in [0.2, 0.25) is 0 Å². The van der Waals surface area contributed by atoms with Gasteiger partial charge in [0.1, 0.15) is 5.75 Å². The highest BCUT2D eigenvalue weighted by atomic mass is 16.5. The zero-order valence-electron chi connectivity index (χ0n) is 12.1. The van der Waals surface area contributed by atoms with Gasteiger partial charge < -0.3 is 20.1 Å². The number of ether oxygens (including phenoxy) is 2. The molecule has 1 heterocycles. The van der Waals surface area contributed by atoms with E-state index in [0.29, 0.717) is 23.6 Å². The first-order valence-electron chi connectivity index (χ1n) is 7.09. The lowest BCUT2D eigenvalue weighted by atomic mass is 10.2. The van der Waals surface area contributed by atoms with E-state index >= 15 is 0 Å². The Morgan fingerprint density at radius 3 is 2.62 bits per heavy atom. The third-order valence-electron chi connectivity index (χ3n) is 3.33. The number of nitrogens with two attached hydrogens (primary N) is 1. The maximum atomic E-state index is 11.9. The summed E-state index contributed by atoms with van der Waals surface area (Å²) in [7, 11) is 0. The first kappa shape index (κ1) is 15.2. The average Bonchev–Trinajstić information content (AvgIpc) is 3.00. The number of esters is 1. The summed E-state index contributed by atoms with van der Waals surface area (Å²) in [5.41, 5.74) is 6.52. The summed E-state index contributed by atoms with van der Waals surface area (Å²) in [5.74, 6) is -0.0687. The van der Waals surface area contributed by atoms with Crippen molar-refractivity contribution in [3.63, 3.8) is 0 Å². The van der Waals surface area contributed by atoms with Crippen LogP contribution in [0, 0.1) is 0 Å². The van der Waals surface area contributed by atoms with Crippen molar-refractivity contribution >= 4 is 17.6 Å². The van der Waals surface area contributed by atoms with Crippen LogP contribution in [-0.2, 0) is 9.53 Å². The summed E-state index contributed by atoms with van der Waals surface area (Å²) < 4.78 is 10.3. The fourth-order valence-corrected chi connectivity index (χ4v) is 2.22. The molecule has 21 heavy (non-hydrogen) atoms. The summed E-state index contributed by atoms with van der Waals surface area (Å²) in [4.78, 5) is 25.2. The largest absolute Gasteiger partial charge is 0.482 e. The van der Waals surface area contributed by atoms with Crippen LogP contribution in [0.4, 0.5) is 5.69 Å². The van der Waals surface area contributed by atoms with Gasteiger partial charge in [0, 0.05) is 13.1 Å². The van der Waals surface area contributed by atoms with E-state index in [1.165, 1.54) is 6.07 Å². The van der Waals surface area contributed by atoms with E-state index in [-0.39, 0.29) is 12.5 Å². The maximum Gasteiger partial charge on any atom is 0.338 e. The van der Waals surface area contributed by atoms with Gasteiger partial charge in [-0.15, -0.1) is 0 Å². The van der Waals surface area contributed by atoms with Crippen LogP contribution < -0.4 is 10.5 Å². The molecule has 0 aliphatic carbocycles. The molecule has 114 valence electrons. The van der Waals surface area contributed by atoms with Gasteiger partial charge in [0.25, 0.3) is 5.91 Å². The molecule has 2 rings (SSSR count). The Labute approximate surface area is 123 Å². The van der Waals surface area contributed by atoms with Crippen LogP contribution in [0.15, 0.2) is 18.2 Å². The standard InChI is InChI=1S/C15H20N2O4/c1-2-20-15(19)11-5-6-13(12(16)9-11)21-10-14(18)17-7-3-4-8-17/h5-6,9H,2-4,7-8,10,16H2,1H3. The van der Waals surface area contributed by atoms with Crippen molar-refractivity contribution in [1.82, 2.24) is 4.90 Å². The van der Waals surface area contributed by atoms with Gasteiger partial charge in [-0.3, -0.25) is 4.79 Å². The number of carbonyl (C=O) groups is 2. The van der Waals surface area contributed by atoms with E-state index in [0.717, 1.165) is 25.9 Å². The van der Waals surface area contributed by atoms with Crippen molar-refractivity contribution < 1.29 is 19.1 Å². The molecule has 1 amide bonds. The van der Waals surface area contributed by atoms with Crippen molar-refractivity contribution in [2.45, 2.75) is 19.8 Å². The van der Waals surface area contributed by atoms with Gasteiger partial charge in [-0.25, -0.2) is 4.79 Å². The van der Waals surface area contributed by atoms with Crippen LogP contribution in [0.2, 0.25) is 0 Å². The molecular formula is C15H20N2O4. The lowest BCUT2D eigenvalue weighted by molar-refractivity contribution is -0.132. The number of carbonyl (C=O) groups excluding carboxylic acids is 2. The van der Waals surface area contributed by atoms with Crippen molar-refractivity contribution in [3.05, 3.63) is 23.8 Å². The molecule has 2 N–H and O–H groups in total. The minimum Gasteiger partial charge on any atom is -0.482 e. The predicted molar refractivity (Wildman–Crippen MR) is 78.1 cm³/mol. The fraction of sp³-hybridized carbons (Fsp3) is 0.467. The monoisotopic (exact) mass is 292 g/mol. The summed E-state index contributed by atoms with van der Waals surface area (Å²) in [5, 5.41) is 0.